The smallest absolute Gasteiger partial charge is 0.320 e. The van der Waals surface area contributed by atoms with E-state index in [-0.39, 0.29) is 18.6 Å². The molecule has 1 unspecified atom stereocenters. The van der Waals surface area contributed by atoms with Crippen LogP contribution in [-0.2, 0) is 14.1 Å². The second kappa shape index (κ2) is 8.97. The average molecular weight is 296 g/mol. The molecule has 0 aromatic heterocycles. The third-order valence-electron chi connectivity index (χ3n) is 2.03. The van der Waals surface area contributed by atoms with E-state index in [4.69, 9.17) is 4.74 Å². The van der Waals surface area contributed by atoms with E-state index in [1.54, 1.807) is 13.8 Å². The Kier molecular flexibility index (Phi) is 8.95. The van der Waals surface area contributed by atoms with E-state index in [1.807, 2.05) is 25.8 Å². The second-order valence-corrected chi connectivity index (χ2v) is 9.26. The molecular weight excluding hydrogens is 271 g/mol. The SMILES string of the molecule is CC.CC(C)OC(=O)CNP1(=O)CN(C)CCS1. The van der Waals surface area contributed by atoms with Gasteiger partial charge in [0.25, 0.3) is 0 Å². The highest BCUT2D eigenvalue weighted by atomic mass is 32.7. The number of esters is 1. The number of carbonyl (C=O) groups is 1. The number of hydrogen-bond donors (Lipinski definition) is 1. The van der Waals surface area contributed by atoms with Crippen LogP contribution in [0.15, 0.2) is 0 Å². The highest BCUT2D eigenvalue weighted by Gasteiger charge is 2.29. The first kappa shape index (κ1) is 18.0. The van der Waals surface area contributed by atoms with E-state index in [0.29, 0.717) is 6.29 Å². The minimum atomic E-state index is -2.48. The van der Waals surface area contributed by atoms with Gasteiger partial charge in [-0.15, -0.1) is 0 Å². The number of rotatable bonds is 4. The lowest BCUT2D eigenvalue weighted by atomic mass is 10.5. The molecule has 0 aromatic carbocycles. The zero-order valence-electron chi connectivity index (χ0n) is 11.9. The van der Waals surface area contributed by atoms with Crippen LogP contribution in [0.1, 0.15) is 27.7 Å². The molecular formula is C11H25N2O3PS. The number of ether oxygens (including phenoxy) is 1. The Labute approximate surface area is 114 Å². The number of nitrogens with zero attached hydrogens (tertiary/aromatic N) is 1. The van der Waals surface area contributed by atoms with Gasteiger partial charge in [0.15, 0.2) is 0 Å². The van der Waals surface area contributed by atoms with Crippen molar-refractivity contribution < 1.29 is 14.1 Å². The van der Waals surface area contributed by atoms with Crippen molar-refractivity contribution in [2.24, 2.45) is 0 Å². The van der Waals surface area contributed by atoms with Gasteiger partial charge in [-0.05, 0) is 20.9 Å². The Hall–Kier alpha value is -0.0300. The molecule has 1 N–H and O–H groups in total. The van der Waals surface area contributed by atoms with E-state index in [0.717, 1.165) is 12.3 Å². The first-order valence-electron chi connectivity index (χ1n) is 6.28. The Morgan fingerprint density at radius 3 is 2.61 bits per heavy atom. The van der Waals surface area contributed by atoms with Crippen molar-refractivity contribution >= 4 is 23.8 Å². The molecule has 1 aliphatic heterocycles. The van der Waals surface area contributed by atoms with Gasteiger partial charge in [0.05, 0.1) is 12.4 Å². The molecule has 18 heavy (non-hydrogen) atoms. The molecule has 1 aliphatic rings. The topological polar surface area (TPSA) is 58.6 Å². The minimum absolute atomic E-state index is 0.0241. The van der Waals surface area contributed by atoms with Crippen molar-refractivity contribution in [2.45, 2.75) is 33.8 Å². The van der Waals surface area contributed by atoms with Gasteiger partial charge >= 0.3 is 5.97 Å². The summed E-state index contributed by atoms with van der Waals surface area (Å²) >= 11 is 1.43. The lowest BCUT2D eigenvalue weighted by Crippen LogP contribution is -2.32. The Bertz CT molecular complexity index is 300. The van der Waals surface area contributed by atoms with Crippen molar-refractivity contribution in [1.82, 2.24) is 9.99 Å². The normalized spacial score (nSPS) is 24.3. The molecule has 1 fully saturated rings. The molecule has 0 aromatic rings. The summed E-state index contributed by atoms with van der Waals surface area (Å²) in [7, 11) is 1.93. The maximum absolute atomic E-state index is 12.2. The summed E-state index contributed by atoms with van der Waals surface area (Å²) in [5, 5.41) is 2.84. The second-order valence-electron chi connectivity index (χ2n) is 4.10. The third-order valence-corrected chi connectivity index (χ3v) is 6.84. The van der Waals surface area contributed by atoms with Crippen molar-refractivity contribution in [3.63, 3.8) is 0 Å². The number of hydrogen-bond acceptors (Lipinski definition) is 5. The van der Waals surface area contributed by atoms with Crippen molar-refractivity contribution in [2.75, 3.05) is 32.2 Å². The average Bonchev–Trinajstić information content (AvgIpc) is 2.28. The largest absolute Gasteiger partial charge is 0.462 e. The molecule has 0 aliphatic carbocycles. The summed E-state index contributed by atoms with van der Waals surface area (Å²) in [5.74, 6) is 0.485. The van der Waals surface area contributed by atoms with Crippen molar-refractivity contribution in [3.05, 3.63) is 0 Å². The summed E-state index contributed by atoms with van der Waals surface area (Å²) in [6.07, 6.45) is 0.379. The minimum Gasteiger partial charge on any atom is -0.462 e. The van der Waals surface area contributed by atoms with Gasteiger partial charge < -0.3 is 4.74 Å². The fourth-order valence-electron chi connectivity index (χ4n) is 1.36. The van der Waals surface area contributed by atoms with Crippen LogP contribution in [0.3, 0.4) is 0 Å². The predicted molar refractivity (Wildman–Crippen MR) is 78.1 cm³/mol. The summed E-state index contributed by atoms with van der Waals surface area (Å²) < 4.78 is 17.2. The van der Waals surface area contributed by atoms with Crippen LogP contribution in [-0.4, -0.2) is 49.1 Å². The molecule has 108 valence electrons. The standard InChI is InChI=1S/C9H19N2O3PS.C2H6/c1-8(2)14-9(12)6-10-15(13)7-11(3)4-5-16-15;1-2/h8H,4-7H2,1-3H3,(H,10,13);1-2H3. The summed E-state index contributed by atoms with van der Waals surface area (Å²) in [6, 6.07) is 0. The molecule has 1 atom stereocenters. The monoisotopic (exact) mass is 296 g/mol. The van der Waals surface area contributed by atoms with Gasteiger partial charge in [0.1, 0.15) is 6.54 Å². The fourth-order valence-corrected chi connectivity index (χ4v) is 5.90. The van der Waals surface area contributed by atoms with Gasteiger partial charge in [-0.3, -0.25) is 14.3 Å². The van der Waals surface area contributed by atoms with Crippen LogP contribution in [0.4, 0.5) is 0 Å². The first-order chi connectivity index (χ1) is 8.41. The highest BCUT2D eigenvalue weighted by molar-refractivity contribution is 8.57. The molecule has 0 bridgehead atoms. The zero-order chi connectivity index (χ0) is 14.2. The molecule has 1 rings (SSSR count). The van der Waals surface area contributed by atoms with Gasteiger partial charge in [-0.2, -0.15) is 0 Å². The summed E-state index contributed by atoms with van der Waals surface area (Å²) in [5.41, 5.74) is 0. The maximum atomic E-state index is 12.2. The van der Waals surface area contributed by atoms with E-state index >= 15 is 0 Å². The Morgan fingerprint density at radius 2 is 2.11 bits per heavy atom. The molecule has 1 heterocycles. The van der Waals surface area contributed by atoms with E-state index in [2.05, 4.69) is 5.09 Å². The van der Waals surface area contributed by atoms with Gasteiger partial charge in [0, 0.05) is 12.3 Å². The predicted octanol–water partition coefficient (Wildman–Crippen LogP) is 2.38. The van der Waals surface area contributed by atoms with Gasteiger partial charge in [-0.25, -0.2) is 5.09 Å². The quantitative estimate of drug-likeness (QED) is 0.635. The van der Waals surface area contributed by atoms with Gasteiger partial charge in [0.2, 0.25) is 6.49 Å². The molecule has 0 amide bonds. The number of nitrogens with one attached hydrogen (secondary N) is 1. The number of carbonyl (C=O) groups excluding carboxylic acids is 1. The maximum Gasteiger partial charge on any atom is 0.320 e. The molecule has 0 saturated carbocycles. The van der Waals surface area contributed by atoms with Crippen LogP contribution < -0.4 is 5.09 Å². The molecule has 0 spiro atoms. The fraction of sp³-hybridized carbons (Fsp3) is 0.909. The first-order valence-corrected chi connectivity index (χ1v) is 9.76. The van der Waals surface area contributed by atoms with Gasteiger partial charge in [-0.1, -0.05) is 25.2 Å². The Balaban J connectivity index is 0.00000137. The van der Waals surface area contributed by atoms with Crippen LogP contribution in [0.5, 0.6) is 0 Å². The van der Waals surface area contributed by atoms with Crippen molar-refractivity contribution in [1.29, 1.82) is 0 Å². The van der Waals surface area contributed by atoms with E-state index in [9.17, 15) is 9.36 Å². The van der Waals surface area contributed by atoms with E-state index < -0.39 is 6.49 Å². The molecule has 1 saturated heterocycles. The van der Waals surface area contributed by atoms with Crippen LogP contribution in [0, 0.1) is 0 Å². The summed E-state index contributed by atoms with van der Waals surface area (Å²) in [6.45, 7) is 6.08. The molecule has 7 heteroatoms. The molecule has 0 radical (unpaired) electrons. The lowest BCUT2D eigenvalue weighted by Gasteiger charge is -2.29. The third kappa shape index (κ3) is 7.41. The summed E-state index contributed by atoms with van der Waals surface area (Å²) in [4.78, 5) is 13.3. The highest BCUT2D eigenvalue weighted by Crippen LogP contribution is 2.56. The van der Waals surface area contributed by atoms with Crippen LogP contribution in [0.25, 0.3) is 0 Å². The lowest BCUT2D eigenvalue weighted by molar-refractivity contribution is -0.145. The molecule has 5 nitrogen and oxygen atoms in total. The zero-order valence-corrected chi connectivity index (χ0v) is 13.6. The van der Waals surface area contributed by atoms with Crippen LogP contribution >= 0.6 is 17.9 Å². The van der Waals surface area contributed by atoms with Crippen LogP contribution in [0.2, 0.25) is 0 Å². The Morgan fingerprint density at radius 1 is 1.50 bits per heavy atom. The van der Waals surface area contributed by atoms with Crippen molar-refractivity contribution in [3.8, 4) is 0 Å². The van der Waals surface area contributed by atoms with E-state index in [1.165, 1.54) is 11.4 Å².